The van der Waals surface area contributed by atoms with Crippen LogP contribution in [0.1, 0.15) is 11.7 Å². The average molecular weight is 263 g/mol. The van der Waals surface area contributed by atoms with Crippen molar-refractivity contribution < 1.29 is 22.7 Å². The number of hydrogen-bond donors (Lipinski definition) is 1. The molecule has 1 aromatic carbocycles. The van der Waals surface area contributed by atoms with Crippen LogP contribution < -0.4 is 5.32 Å². The second-order valence-corrected chi connectivity index (χ2v) is 4.53. The summed E-state index contributed by atoms with van der Waals surface area (Å²) >= 11 is -0.171. The number of halogens is 3. The van der Waals surface area contributed by atoms with Crippen molar-refractivity contribution in [2.45, 2.75) is 16.5 Å². The van der Waals surface area contributed by atoms with Crippen molar-refractivity contribution in [3.8, 4) is 0 Å². The summed E-state index contributed by atoms with van der Waals surface area (Å²) in [6, 6.07) is 5.78. The maximum Gasteiger partial charge on any atom is 0.446 e. The van der Waals surface area contributed by atoms with Gasteiger partial charge in [0.25, 0.3) is 0 Å². The Morgan fingerprint density at radius 2 is 1.94 bits per heavy atom. The zero-order valence-electron chi connectivity index (χ0n) is 8.45. The first-order valence-corrected chi connectivity index (χ1v) is 5.56. The molecule has 1 aliphatic rings. The molecule has 92 valence electrons. The van der Waals surface area contributed by atoms with Crippen molar-refractivity contribution in [3.63, 3.8) is 0 Å². The smallest absolute Gasteiger partial charge is 0.439 e. The van der Waals surface area contributed by atoms with Gasteiger partial charge in [-0.3, -0.25) is 0 Å². The highest BCUT2D eigenvalue weighted by Crippen LogP contribution is 2.37. The van der Waals surface area contributed by atoms with Gasteiger partial charge in [-0.05, 0) is 29.5 Å². The van der Waals surface area contributed by atoms with E-state index in [1.54, 1.807) is 0 Å². The van der Waals surface area contributed by atoms with E-state index in [4.69, 9.17) is 4.74 Å². The van der Waals surface area contributed by atoms with Crippen LogP contribution in [0.4, 0.5) is 18.0 Å². The molecular weight excluding hydrogens is 255 g/mol. The molecule has 1 heterocycles. The molecule has 0 radical (unpaired) electrons. The number of hydrogen-bond acceptors (Lipinski definition) is 3. The Balaban J connectivity index is 2.05. The van der Waals surface area contributed by atoms with Gasteiger partial charge in [-0.2, -0.15) is 13.2 Å². The Morgan fingerprint density at radius 1 is 1.29 bits per heavy atom. The van der Waals surface area contributed by atoms with Gasteiger partial charge >= 0.3 is 11.6 Å². The summed E-state index contributed by atoms with van der Waals surface area (Å²) in [5, 5.41) is 2.47. The van der Waals surface area contributed by atoms with Gasteiger partial charge in [-0.1, -0.05) is 12.1 Å². The van der Waals surface area contributed by atoms with Crippen molar-refractivity contribution in [1.29, 1.82) is 0 Å². The van der Waals surface area contributed by atoms with Crippen molar-refractivity contribution in [2.75, 3.05) is 6.54 Å². The lowest BCUT2D eigenvalue weighted by molar-refractivity contribution is -0.0328. The summed E-state index contributed by atoms with van der Waals surface area (Å²) in [4.78, 5) is 10.9. The topological polar surface area (TPSA) is 38.3 Å². The van der Waals surface area contributed by atoms with E-state index in [1.807, 2.05) is 0 Å². The molecule has 0 bridgehead atoms. The molecule has 0 saturated carbocycles. The molecule has 7 heteroatoms. The van der Waals surface area contributed by atoms with Crippen LogP contribution in [-0.2, 0) is 4.74 Å². The number of benzene rings is 1. The molecule has 1 atom stereocenters. The minimum Gasteiger partial charge on any atom is -0.439 e. The van der Waals surface area contributed by atoms with Gasteiger partial charge in [0, 0.05) is 4.90 Å². The Kier molecular flexibility index (Phi) is 3.19. The van der Waals surface area contributed by atoms with E-state index in [-0.39, 0.29) is 16.7 Å². The highest BCUT2D eigenvalue weighted by molar-refractivity contribution is 8.00. The zero-order chi connectivity index (χ0) is 12.5. The van der Waals surface area contributed by atoms with Crippen molar-refractivity contribution >= 4 is 17.9 Å². The Morgan fingerprint density at radius 3 is 2.41 bits per heavy atom. The lowest BCUT2D eigenvalue weighted by atomic mass is 10.1. The lowest BCUT2D eigenvalue weighted by Crippen LogP contribution is -2.12. The second-order valence-electron chi connectivity index (χ2n) is 3.39. The molecule has 1 unspecified atom stereocenters. The molecule has 1 fully saturated rings. The molecular formula is C10H8F3NO2S. The standard InChI is InChI=1S/C10H8F3NO2S/c11-10(12,13)17-7-3-1-6(2-4-7)8-5-14-9(15)16-8/h1-4,8H,5H2,(H,14,15). The predicted octanol–water partition coefficient (Wildman–Crippen LogP) is 3.08. The number of rotatable bonds is 2. The molecule has 1 amide bonds. The van der Waals surface area contributed by atoms with Crippen LogP contribution >= 0.6 is 11.8 Å². The Labute approximate surface area is 99.3 Å². The summed E-state index contributed by atoms with van der Waals surface area (Å²) in [5.74, 6) is 0. The number of cyclic esters (lactones) is 1. The van der Waals surface area contributed by atoms with E-state index in [0.29, 0.717) is 12.1 Å². The molecule has 2 rings (SSSR count). The number of nitrogens with one attached hydrogen (secondary N) is 1. The Bertz CT molecular complexity index is 419. The molecule has 0 aromatic heterocycles. The maximum absolute atomic E-state index is 12.1. The van der Waals surface area contributed by atoms with E-state index in [2.05, 4.69) is 5.32 Å². The number of ether oxygens (including phenoxy) is 1. The van der Waals surface area contributed by atoms with E-state index in [9.17, 15) is 18.0 Å². The molecule has 1 aromatic rings. The number of alkyl halides is 3. The van der Waals surface area contributed by atoms with Crippen molar-refractivity contribution in [3.05, 3.63) is 29.8 Å². The van der Waals surface area contributed by atoms with Gasteiger partial charge in [0.05, 0.1) is 6.54 Å². The van der Waals surface area contributed by atoms with E-state index in [1.165, 1.54) is 24.3 Å². The average Bonchev–Trinajstić information content (AvgIpc) is 2.63. The number of alkyl carbamates (subject to hydrolysis) is 1. The van der Waals surface area contributed by atoms with E-state index < -0.39 is 17.7 Å². The highest BCUT2D eigenvalue weighted by Gasteiger charge is 2.29. The first kappa shape index (κ1) is 12.1. The van der Waals surface area contributed by atoms with Crippen LogP contribution in [0, 0.1) is 0 Å². The monoisotopic (exact) mass is 263 g/mol. The number of amides is 1. The van der Waals surface area contributed by atoms with Gasteiger partial charge in [-0.15, -0.1) is 0 Å². The third-order valence-electron chi connectivity index (χ3n) is 2.17. The maximum atomic E-state index is 12.1. The zero-order valence-corrected chi connectivity index (χ0v) is 9.27. The number of thioether (sulfide) groups is 1. The summed E-state index contributed by atoms with van der Waals surface area (Å²) in [6.07, 6.45) is -0.934. The molecule has 0 aliphatic carbocycles. The predicted molar refractivity (Wildman–Crippen MR) is 55.6 cm³/mol. The van der Waals surface area contributed by atoms with Gasteiger partial charge in [0.2, 0.25) is 0 Å². The van der Waals surface area contributed by atoms with Crippen LogP contribution in [0.2, 0.25) is 0 Å². The summed E-state index contributed by atoms with van der Waals surface area (Å²) in [7, 11) is 0. The van der Waals surface area contributed by atoms with Crippen LogP contribution in [0.3, 0.4) is 0 Å². The summed E-state index contributed by atoms with van der Waals surface area (Å²) in [5.41, 5.74) is -3.61. The molecule has 17 heavy (non-hydrogen) atoms. The van der Waals surface area contributed by atoms with Crippen LogP contribution in [0.5, 0.6) is 0 Å². The van der Waals surface area contributed by atoms with E-state index >= 15 is 0 Å². The quantitative estimate of drug-likeness (QED) is 0.833. The first-order chi connectivity index (χ1) is 7.94. The second kappa shape index (κ2) is 4.48. The summed E-state index contributed by atoms with van der Waals surface area (Å²) < 4.78 is 41.1. The fourth-order valence-electron chi connectivity index (χ4n) is 1.46. The lowest BCUT2D eigenvalue weighted by Gasteiger charge is -2.09. The van der Waals surface area contributed by atoms with Crippen molar-refractivity contribution in [1.82, 2.24) is 5.32 Å². The van der Waals surface area contributed by atoms with Crippen LogP contribution in [-0.4, -0.2) is 18.1 Å². The van der Waals surface area contributed by atoms with Gasteiger partial charge in [0.15, 0.2) is 0 Å². The van der Waals surface area contributed by atoms with Gasteiger partial charge < -0.3 is 10.1 Å². The highest BCUT2D eigenvalue weighted by atomic mass is 32.2. The SMILES string of the molecule is O=C1NCC(c2ccc(SC(F)(F)F)cc2)O1. The summed E-state index contributed by atoms with van der Waals surface area (Å²) in [6.45, 7) is 0.338. The fraction of sp³-hybridized carbons (Fsp3) is 0.300. The molecule has 3 nitrogen and oxygen atoms in total. The van der Waals surface area contributed by atoms with E-state index in [0.717, 1.165) is 0 Å². The van der Waals surface area contributed by atoms with Crippen LogP contribution in [0.25, 0.3) is 0 Å². The van der Waals surface area contributed by atoms with Gasteiger partial charge in [-0.25, -0.2) is 4.79 Å². The van der Waals surface area contributed by atoms with Gasteiger partial charge in [0.1, 0.15) is 6.10 Å². The fourth-order valence-corrected chi connectivity index (χ4v) is 2.00. The van der Waals surface area contributed by atoms with Crippen molar-refractivity contribution in [2.24, 2.45) is 0 Å². The first-order valence-electron chi connectivity index (χ1n) is 4.74. The number of carbonyl (C=O) groups is 1. The normalized spacial score (nSPS) is 19.9. The third-order valence-corrected chi connectivity index (χ3v) is 2.91. The largest absolute Gasteiger partial charge is 0.446 e. The Hall–Kier alpha value is -1.37. The molecule has 1 aliphatic heterocycles. The molecule has 0 spiro atoms. The minimum atomic E-state index is -4.29. The third kappa shape index (κ3) is 3.29. The number of carbonyl (C=O) groups excluding carboxylic acids is 1. The van der Waals surface area contributed by atoms with Crippen LogP contribution in [0.15, 0.2) is 29.2 Å². The minimum absolute atomic E-state index is 0.110. The molecule has 1 N–H and O–H groups in total. The molecule has 1 saturated heterocycles.